The van der Waals surface area contributed by atoms with Gasteiger partial charge in [0.05, 0.1) is 32.2 Å². The fourth-order valence-corrected chi connectivity index (χ4v) is 5.25. The molecule has 0 saturated heterocycles. The lowest BCUT2D eigenvalue weighted by molar-refractivity contribution is -0.115. The third-order valence-corrected chi connectivity index (χ3v) is 7.36. The molecule has 0 spiro atoms. The number of thioether (sulfide) groups is 1. The normalized spacial score (nSPS) is 11.6. The Bertz CT molecular complexity index is 1530. The standard InChI is InChI=1S/C26H21N3O6S2/c1-13-3-10-20-21(11-13)37-26(28-20)29-22(30)14(2)36-17-7-5-16(6-8-17)27-23(31)18-9-4-15(24(32)33)12-19(18)25(34)35/h3-12,14H,1-2H3,(H,27,31)(H,32,33)(H,34,35)(H,28,29,30). The lowest BCUT2D eigenvalue weighted by atomic mass is 10.0. The van der Waals surface area contributed by atoms with Gasteiger partial charge in [0.25, 0.3) is 5.91 Å². The molecule has 0 saturated carbocycles. The van der Waals surface area contributed by atoms with Crippen LogP contribution < -0.4 is 10.6 Å². The number of amides is 2. The van der Waals surface area contributed by atoms with Crippen LogP contribution in [0, 0.1) is 6.92 Å². The van der Waals surface area contributed by atoms with Gasteiger partial charge in [-0.2, -0.15) is 0 Å². The fourth-order valence-electron chi connectivity index (χ4n) is 3.42. The van der Waals surface area contributed by atoms with Gasteiger partial charge < -0.3 is 20.8 Å². The molecule has 1 atom stereocenters. The average Bonchev–Trinajstić information content (AvgIpc) is 3.25. The summed E-state index contributed by atoms with van der Waals surface area (Å²) >= 11 is 2.75. The van der Waals surface area contributed by atoms with E-state index >= 15 is 0 Å². The molecule has 0 aliphatic carbocycles. The summed E-state index contributed by atoms with van der Waals surface area (Å²) in [5.74, 6) is -3.58. The van der Waals surface area contributed by atoms with Gasteiger partial charge in [-0.15, -0.1) is 11.8 Å². The largest absolute Gasteiger partial charge is 0.478 e. The van der Waals surface area contributed by atoms with Crippen molar-refractivity contribution in [3.05, 3.63) is 82.9 Å². The number of nitrogens with zero attached hydrogens (tertiary/aromatic N) is 1. The molecule has 11 heteroatoms. The molecular formula is C26H21N3O6S2. The monoisotopic (exact) mass is 535 g/mol. The van der Waals surface area contributed by atoms with Crippen molar-refractivity contribution in [2.24, 2.45) is 0 Å². The topological polar surface area (TPSA) is 146 Å². The number of carboxylic acids is 2. The second kappa shape index (κ2) is 10.8. The maximum absolute atomic E-state index is 12.7. The van der Waals surface area contributed by atoms with E-state index in [0.29, 0.717) is 10.8 Å². The Morgan fingerprint density at radius 2 is 1.62 bits per heavy atom. The van der Waals surface area contributed by atoms with Crippen molar-refractivity contribution in [3.8, 4) is 0 Å². The number of carbonyl (C=O) groups is 4. The molecule has 4 N–H and O–H groups in total. The number of rotatable bonds is 8. The zero-order chi connectivity index (χ0) is 26.7. The maximum atomic E-state index is 12.7. The highest BCUT2D eigenvalue weighted by molar-refractivity contribution is 8.00. The van der Waals surface area contributed by atoms with E-state index in [1.807, 2.05) is 25.1 Å². The van der Waals surface area contributed by atoms with Gasteiger partial charge in [0.15, 0.2) is 5.13 Å². The molecule has 0 fully saturated rings. The molecule has 1 unspecified atom stereocenters. The number of carbonyl (C=O) groups excluding carboxylic acids is 2. The minimum Gasteiger partial charge on any atom is -0.478 e. The number of aromatic carboxylic acids is 2. The van der Waals surface area contributed by atoms with Crippen LogP contribution in [0.25, 0.3) is 10.2 Å². The van der Waals surface area contributed by atoms with Gasteiger partial charge >= 0.3 is 11.9 Å². The first-order valence-electron chi connectivity index (χ1n) is 11.0. The molecule has 37 heavy (non-hydrogen) atoms. The number of hydrogen-bond acceptors (Lipinski definition) is 7. The smallest absolute Gasteiger partial charge is 0.336 e. The van der Waals surface area contributed by atoms with E-state index < -0.39 is 28.7 Å². The molecular weight excluding hydrogens is 514 g/mol. The van der Waals surface area contributed by atoms with Gasteiger partial charge in [-0.3, -0.25) is 9.59 Å². The number of anilines is 2. The van der Waals surface area contributed by atoms with Crippen molar-refractivity contribution >= 4 is 67.9 Å². The lowest BCUT2D eigenvalue weighted by Crippen LogP contribution is -2.22. The van der Waals surface area contributed by atoms with Crippen molar-refractivity contribution in [3.63, 3.8) is 0 Å². The molecule has 0 aliphatic rings. The first-order chi connectivity index (χ1) is 17.6. The summed E-state index contributed by atoms with van der Waals surface area (Å²) < 4.78 is 1.00. The van der Waals surface area contributed by atoms with Gasteiger partial charge in [-0.05, 0) is 74.0 Å². The van der Waals surface area contributed by atoms with E-state index in [0.717, 1.165) is 26.7 Å². The summed E-state index contributed by atoms with van der Waals surface area (Å²) in [6.45, 7) is 3.78. The number of benzene rings is 3. The molecule has 3 aromatic carbocycles. The number of aromatic nitrogens is 1. The van der Waals surface area contributed by atoms with E-state index in [2.05, 4.69) is 15.6 Å². The molecule has 0 bridgehead atoms. The Morgan fingerprint density at radius 3 is 2.30 bits per heavy atom. The molecule has 0 radical (unpaired) electrons. The highest BCUT2D eigenvalue weighted by Crippen LogP contribution is 2.29. The van der Waals surface area contributed by atoms with E-state index in [1.165, 1.54) is 35.2 Å². The maximum Gasteiger partial charge on any atom is 0.336 e. The number of hydrogen-bond donors (Lipinski definition) is 4. The summed E-state index contributed by atoms with van der Waals surface area (Å²) in [5.41, 5.74) is 1.56. The molecule has 4 aromatic rings. The predicted octanol–water partition coefficient (Wildman–Crippen LogP) is 5.37. The van der Waals surface area contributed by atoms with Crippen LogP contribution in [-0.2, 0) is 4.79 Å². The van der Waals surface area contributed by atoms with Gasteiger partial charge in [0.1, 0.15) is 0 Å². The molecule has 1 aromatic heterocycles. The third-order valence-electron chi connectivity index (χ3n) is 5.31. The van der Waals surface area contributed by atoms with Gasteiger partial charge in [0.2, 0.25) is 5.91 Å². The number of carboxylic acid groups (broad SMARTS) is 2. The van der Waals surface area contributed by atoms with Crippen LogP contribution in [0.1, 0.15) is 43.6 Å². The minimum atomic E-state index is -1.41. The Labute approximate surface area is 219 Å². The van der Waals surface area contributed by atoms with Crippen LogP contribution in [0.5, 0.6) is 0 Å². The lowest BCUT2D eigenvalue weighted by Gasteiger charge is -2.12. The van der Waals surface area contributed by atoms with E-state index in [-0.39, 0.29) is 17.0 Å². The van der Waals surface area contributed by atoms with Crippen LogP contribution in [0.2, 0.25) is 0 Å². The summed E-state index contributed by atoms with van der Waals surface area (Å²) in [7, 11) is 0. The summed E-state index contributed by atoms with van der Waals surface area (Å²) in [4.78, 5) is 53.2. The Balaban J connectivity index is 1.38. The Hall–Kier alpha value is -4.22. The summed E-state index contributed by atoms with van der Waals surface area (Å²) in [6, 6.07) is 15.9. The molecule has 188 valence electrons. The second-order valence-corrected chi connectivity index (χ2v) is 10.5. The van der Waals surface area contributed by atoms with Crippen molar-refractivity contribution in [1.29, 1.82) is 0 Å². The van der Waals surface area contributed by atoms with Crippen LogP contribution in [0.15, 0.2) is 65.6 Å². The minimum absolute atomic E-state index is 0.161. The molecule has 0 aliphatic heterocycles. The predicted molar refractivity (Wildman–Crippen MR) is 143 cm³/mol. The number of thiazole rings is 1. The zero-order valence-corrected chi connectivity index (χ0v) is 21.3. The van der Waals surface area contributed by atoms with Crippen LogP contribution in [0.3, 0.4) is 0 Å². The van der Waals surface area contributed by atoms with Crippen molar-refractivity contribution in [2.75, 3.05) is 10.6 Å². The van der Waals surface area contributed by atoms with E-state index in [1.54, 1.807) is 31.2 Å². The van der Waals surface area contributed by atoms with Gasteiger partial charge in [-0.25, -0.2) is 14.6 Å². The van der Waals surface area contributed by atoms with Gasteiger partial charge in [0, 0.05) is 10.6 Å². The summed E-state index contributed by atoms with van der Waals surface area (Å²) in [6.07, 6.45) is 0. The first-order valence-corrected chi connectivity index (χ1v) is 12.7. The van der Waals surface area contributed by atoms with Crippen molar-refractivity contribution < 1.29 is 29.4 Å². The van der Waals surface area contributed by atoms with Crippen LogP contribution in [0.4, 0.5) is 10.8 Å². The Kier molecular flexibility index (Phi) is 7.55. The third kappa shape index (κ3) is 6.13. The van der Waals surface area contributed by atoms with Crippen molar-refractivity contribution in [1.82, 2.24) is 4.98 Å². The van der Waals surface area contributed by atoms with Crippen molar-refractivity contribution in [2.45, 2.75) is 24.0 Å². The number of aryl methyl sites for hydroxylation is 1. The highest BCUT2D eigenvalue weighted by atomic mass is 32.2. The number of nitrogens with one attached hydrogen (secondary N) is 2. The molecule has 2 amide bonds. The quantitative estimate of drug-likeness (QED) is 0.220. The molecule has 9 nitrogen and oxygen atoms in total. The van der Waals surface area contributed by atoms with Crippen LogP contribution in [-0.4, -0.2) is 44.2 Å². The SMILES string of the molecule is Cc1ccc2nc(NC(=O)C(C)Sc3ccc(NC(=O)c4ccc(C(=O)O)cc4C(=O)O)cc3)sc2c1. The average molecular weight is 536 g/mol. The highest BCUT2D eigenvalue weighted by Gasteiger charge is 2.20. The summed E-state index contributed by atoms with van der Waals surface area (Å²) in [5, 5.41) is 24.0. The van der Waals surface area contributed by atoms with E-state index in [9.17, 15) is 24.3 Å². The van der Waals surface area contributed by atoms with E-state index in [4.69, 9.17) is 5.11 Å². The zero-order valence-electron chi connectivity index (χ0n) is 19.6. The van der Waals surface area contributed by atoms with Crippen LogP contribution >= 0.6 is 23.1 Å². The second-order valence-electron chi connectivity index (χ2n) is 8.09. The fraction of sp³-hybridized carbons (Fsp3) is 0.115. The first kappa shape index (κ1) is 25.9. The van der Waals surface area contributed by atoms with Gasteiger partial charge in [-0.1, -0.05) is 17.4 Å². The molecule has 1 heterocycles. The molecule has 4 rings (SSSR count). The Morgan fingerprint density at radius 1 is 0.892 bits per heavy atom. The number of fused-ring (bicyclic) bond motifs is 1.